The average molecular weight is 288 g/mol. The molecule has 0 saturated carbocycles. The molecule has 1 unspecified atom stereocenters. The molecule has 1 aliphatic rings. The number of anilines is 1. The zero-order valence-electron chi connectivity index (χ0n) is 11.2. The van der Waals surface area contributed by atoms with Crippen molar-refractivity contribution in [3.05, 3.63) is 65.2 Å². The van der Waals surface area contributed by atoms with Gasteiger partial charge in [0.15, 0.2) is 0 Å². The number of amides is 1. The Morgan fingerprint density at radius 3 is 2.52 bits per heavy atom. The molecule has 108 valence electrons. The van der Waals surface area contributed by atoms with E-state index < -0.39 is 17.5 Å². The smallest absolute Gasteiger partial charge is 0.258 e. The minimum Gasteiger partial charge on any atom is -0.326 e. The van der Waals surface area contributed by atoms with Crippen molar-refractivity contribution >= 4 is 11.6 Å². The van der Waals surface area contributed by atoms with Gasteiger partial charge in [-0.2, -0.15) is 0 Å². The Hall–Kier alpha value is -2.27. The van der Waals surface area contributed by atoms with Crippen molar-refractivity contribution < 1.29 is 13.6 Å². The van der Waals surface area contributed by atoms with E-state index in [0.717, 1.165) is 29.4 Å². The monoisotopic (exact) mass is 288 g/mol. The molecule has 0 radical (unpaired) electrons. The number of carbonyl (C=O) groups excluding carboxylic acids is 1. The van der Waals surface area contributed by atoms with E-state index in [1.807, 2.05) is 24.3 Å². The lowest BCUT2D eigenvalue weighted by atomic mass is 9.97. The van der Waals surface area contributed by atoms with Gasteiger partial charge >= 0.3 is 0 Å². The maximum absolute atomic E-state index is 13.3. The normalized spacial score (nSPS) is 17.5. The van der Waals surface area contributed by atoms with Crippen molar-refractivity contribution in [2.45, 2.75) is 12.5 Å². The number of carbonyl (C=O) groups is 1. The summed E-state index contributed by atoms with van der Waals surface area (Å²) in [5, 5.41) is 0. The summed E-state index contributed by atoms with van der Waals surface area (Å²) < 4.78 is 26.6. The van der Waals surface area contributed by atoms with Crippen molar-refractivity contribution in [3.8, 4) is 0 Å². The number of rotatable bonds is 1. The summed E-state index contributed by atoms with van der Waals surface area (Å²) >= 11 is 0. The minimum atomic E-state index is -0.770. The van der Waals surface area contributed by atoms with Gasteiger partial charge in [0.1, 0.15) is 11.6 Å². The Labute approximate surface area is 121 Å². The lowest BCUT2D eigenvalue weighted by Crippen LogP contribution is -2.46. The molecule has 3 nitrogen and oxygen atoms in total. The highest BCUT2D eigenvalue weighted by atomic mass is 19.1. The van der Waals surface area contributed by atoms with Crippen LogP contribution in [0.4, 0.5) is 14.5 Å². The maximum atomic E-state index is 13.3. The number of nitrogens with zero attached hydrogens (tertiary/aromatic N) is 1. The van der Waals surface area contributed by atoms with Gasteiger partial charge in [-0.25, -0.2) is 8.78 Å². The van der Waals surface area contributed by atoms with Crippen LogP contribution < -0.4 is 10.6 Å². The summed E-state index contributed by atoms with van der Waals surface area (Å²) in [5.74, 6) is -1.99. The number of halogens is 2. The molecule has 2 N–H and O–H groups in total. The van der Waals surface area contributed by atoms with Gasteiger partial charge in [0.05, 0.1) is 0 Å². The molecular formula is C16H14F2N2O. The molecule has 0 aliphatic carbocycles. The topological polar surface area (TPSA) is 46.3 Å². The molecule has 5 heteroatoms. The van der Waals surface area contributed by atoms with Crippen molar-refractivity contribution in [2.24, 2.45) is 5.73 Å². The highest BCUT2D eigenvalue weighted by Crippen LogP contribution is 2.28. The molecule has 0 spiro atoms. The Bertz CT molecular complexity index is 682. The quantitative estimate of drug-likeness (QED) is 0.876. The van der Waals surface area contributed by atoms with E-state index in [-0.39, 0.29) is 11.6 Å². The van der Waals surface area contributed by atoms with Gasteiger partial charge in [-0.3, -0.25) is 4.79 Å². The van der Waals surface area contributed by atoms with Crippen LogP contribution in [-0.2, 0) is 6.42 Å². The molecule has 3 rings (SSSR count). The molecule has 0 aromatic heterocycles. The van der Waals surface area contributed by atoms with Gasteiger partial charge in [0, 0.05) is 29.9 Å². The Morgan fingerprint density at radius 1 is 1.14 bits per heavy atom. The van der Waals surface area contributed by atoms with E-state index in [1.165, 1.54) is 4.90 Å². The van der Waals surface area contributed by atoms with E-state index in [2.05, 4.69) is 0 Å². The lowest BCUT2D eigenvalue weighted by molar-refractivity contribution is 0.0982. The van der Waals surface area contributed by atoms with Gasteiger partial charge in [-0.1, -0.05) is 18.2 Å². The molecule has 0 fully saturated rings. The number of fused-ring (bicyclic) bond motifs is 1. The van der Waals surface area contributed by atoms with Gasteiger partial charge in [-0.05, 0) is 30.2 Å². The minimum absolute atomic E-state index is 0.0172. The third-order valence-corrected chi connectivity index (χ3v) is 3.54. The molecule has 1 aliphatic heterocycles. The van der Waals surface area contributed by atoms with Crippen LogP contribution in [0.5, 0.6) is 0 Å². The van der Waals surface area contributed by atoms with E-state index in [0.29, 0.717) is 13.0 Å². The van der Waals surface area contributed by atoms with Crippen LogP contribution in [0.1, 0.15) is 15.9 Å². The fourth-order valence-corrected chi connectivity index (χ4v) is 2.65. The second-order valence-electron chi connectivity index (χ2n) is 5.17. The predicted molar refractivity (Wildman–Crippen MR) is 76.2 cm³/mol. The summed E-state index contributed by atoms with van der Waals surface area (Å²) in [6, 6.07) is 10.0. The van der Waals surface area contributed by atoms with Gasteiger partial charge in [0.25, 0.3) is 5.91 Å². The van der Waals surface area contributed by atoms with E-state index in [1.54, 1.807) is 0 Å². The van der Waals surface area contributed by atoms with Crippen LogP contribution in [0.2, 0.25) is 0 Å². The molecule has 21 heavy (non-hydrogen) atoms. The summed E-state index contributed by atoms with van der Waals surface area (Å²) in [5.41, 5.74) is 7.66. The van der Waals surface area contributed by atoms with Crippen LogP contribution in [0.3, 0.4) is 0 Å². The first-order chi connectivity index (χ1) is 10.0. The second kappa shape index (κ2) is 5.26. The molecule has 0 saturated heterocycles. The maximum Gasteiger partial charge on any atom is 0.258 e. The predicted octanol–water partition coefficient (Wildman–Crippen LogP) is 2.50. The summed E-state index contributed by atoms with van der Waals surface area (Å²) in [6.07, 6.45) is 0.678. The molecular weight excluding hydrogens is 274 g/mol. The van der Waals surface area contributed by atoms with Crippen molar-refractivity contribution in [3.63, 3.8) is 0 Å². The fourth-order valence-electron chi connectivity index (χ4n) is 2.65. The van der Waals surface area contributed by atoms with E-state index in [4.69, 9.17) is 5.73 Å². The standard InChI is InChI=1S/C16H14F2N2O/c17-12-5-11(6-13(18)8-12)16(21)20-9-14(19)7-10-3-1-2-4-15(10)20/h1-6,8,14H,7,9,19H2. The lowest BCUT2D eigenvalue weighted by Gasteiger charge is -2.33. The summed E-state index contributed by atoms with van der Waals surface area (Å²) in [7, 11) is 0. The number of hydrogen-bond donors (Lipinski definition) is 1. The zero-order chi connectivity index (χ0) is 15.0. The van der Waals surface area contributed by atoms with Crippen LogP contribution in [0.25, 0.3) is 0 Å². The summed E-state index contributed by atoms with van der Waals surface area (Å²) in [6.45, 7) is 0.327. The van der Waals surface area contributed by atoms with Crippen LogP contribution >= 0.6 is 0 Å². The molecule has 1 amide bonds. The molecule has 2 aromatic carbocycles. The first-order valence-electron chi connectivity index (χ1n) is 6.66. The molecule has 1 heterocycles. The molecule has 2 aromatic rings. The van der Waals surface area contributed by atoms with Crippen LogP contribution in [0.15, 0.2) is 42.5 Å². The Balaban J connectivity index is 2.02. The first-order valence-corrected chi connectivity index (χ1v) is 6.66. The van der Waals surface area contributed by atoms with Crippen molar-refractivity contribution in [1.29, 1.82) is 0 Å². The number of benzene rings is 2. The van der Waals surface area contributed by atoms with Crippen LogP contribution in [-0.4, -0.2) is 18.5 Å². The number of hydrogen-bond acceptors (Lipinski definition) is 2. The highest BCUT2D eigenvalue weighted by molar-refractivity contribution is 6.06. The Kier molecular flexibility index (Phi) is 3.43. The third kappa shape index (κ3) is 2.64. The van der Waals surface area contributed by atoms with Gasteiger partial charge < -0.3 is 10.6 Å². The van der Waals surface area contributed by atoms with Gasteiger partial charge in [0.2, 0.25) is 0 Å². The van der Waals surface area contributed by atoms with E-state index >= 15 is 0 Å². The molecule has 0 bridgehead atoms. The fraction of sp³-hybridized carbons (Fsp3) is 0.188. The second-order valence-corrected chi connectivity index (χ2v) is 5.17. The zero-order valence-corrected chi connectivity index (χ0v) is 11.2. The van der Waals surface area contributed by atoms with Crippen molar-refractivity contribution in [1.82, 2.24) is 0 Å². The largest absolute Gasteiger partial charge is 0.326 e. The SMILES string of the molecule is NC1Cc2ccccc2N(C(=O)c2cc(F)cc(F)c2)C1. The number of nitrogens with two attached hydrogens (primary N) is 1. The van der Waals surface area contributed by atoms with Crippen molar-refractivity contribution in [2.75, 3.05) is 11.4 Å². The molecule has 1 atom stereocenters. The van der Waals surface area contributed by atoms with E-state index in [9.17, 15) is 13.6 Å². The Morgan fingerprint density at radius 2 is 1.81 bits per heavy atom. The van der Waals surface area contributed by atoms with Crippen LogP contribution in [0, 0.1) is 11.6 Å². The number of para-hydroxylation sites is 1. The first kappa shape index (κ1) is 13.7. The third-order valence-electron chi connectivity index (χ3n) is 3.54. The summed E-state index contributed by atoms with van der Waals surface area (Å²) in [4.78, 5) is 14.0. The van der Waals surface area contributed by atoms with Gasteiger partial charge in [-0.15, -0.1) is 0 Å². The highest BCUT2D eigenvalue weighted by Gasteiger charge is 2.27. The average Bonchev–Trinajstić information content (AvgIpc) is 2.44.